The first-order valence-electron chi connectivity index (χ1n) is 5.87. The van der Waals surface area contributed by atoms with Crippen LogP contribution in [0.3, 0.4) is 0 Å². The van der Waals surface area contributed by atoms with Crippen molar-refractivity contribution in [2.75, 3.05) is 13.1 Å². The molecule has 1 fully saturated rings. The van der Waals surface area contributed by atoms with Crippen LogP contribution in [0.5, 0.6) is 0 Å². The Morgan fingerprint density at radius 3 is 2.32 bits per heavy atom. The molecule has 0 saturated carbocycles. The Morgan fingerprint density at radius 1 is 1.26 bits per heavy atom. The third-order valence-electron chi connectivity index (χ3n) is 3.46. The summed E-state index contributed by atoms with van der Waals surface area (Å²) >= 11 is 6.72. The lowest BCUT2D eigenvalue weighted by Gasteiger charge is -2.21. The number of amides is 2. The zero-order valence-electron chi connectivity index (χ0n) is 10.5. The van der Waals surface area contributed by atoms with E-state index in [0.717, 1.165) is 8.95 Å². The summed E-state index contributed by atoms with van der Waals surface area (Å²) in [5.74, 6) is -0.426. The second-order valence-electron chi connectivity index (χ2n) is 5.06. The molecule has 2 N–H and O–H groups in total. The Balaban J connectivity index is 2.20. The average Bonchev–Trinajstić information content (AvgIpc) is 2.71. The third kappa shape index (κ3) is 3.00. The zero-order valence-corrected chi connectivity index (χ0v) is 13.6. The number of carbonyl (C=O) groups is 2. The molecule has 102 valence electrons. The normalized spacial score (nSPS) is 22.6. The molecule has 1 aromatic rings. The highest BCUT2D eigenvalue weighted by Crippen LogP contribution is 2.31. The summed E-state index contributed by atoms with van der Waals surface area (Å²) in [7, 11) is 0. The fourth-order valence-electron chi connectivity index (χ4n) is 2.20. The Kier molecular flexibility index (Phi) is 4.01. The molecular weight excluding hydrogens is 376 g/mol. The number of nitrogens with zero attached hydrogens (tertiary/aromatic N) is 1. The standard InChI is InChI=1S/C13H14Br2N2O2/c1-13(12(16)19)2-3-17(7-13)11(18)8-4-9(14)6-10(15)5-8/h4-6H,2-3,7H2,1H3,(H2,16,19). The molecule has 0 bridgehead atoms. The van der Waals surface area contributed by atoms with Gasteiger partial charge in [-0.05, 0) is 31.5 Å². The van der Waals surface area contributed by atoms with Crippen molar-refractivity contribution >= 4 is 43.7 Å². The van der Waals surface area contributed by atoms with Crippen LogP contribution in [0.1, 0.15) is 23.7 Å². The van der Waals surface area contributed by atoms with Crippen LogP contribution in [0.25, 0.3) is 0 Å². The lowest BCUT2D eigenvalue weighted by Crippen LogP contribution is -2.38. The van der Waals surface area contributed by atoms with E-state index in [-0.39, 0.29) is 11.8 Å². The van der Waals surface area contributed by atoms with Crippen molar-refractivity contribution in [1.82, 2.24) is 4.90 Å². The molecule has 1 unspecified atom stereocenters. The first-order chi connectivity index (χ1) is 8.82. The molecule has 1 heterocycles. The van der Waals surface area contributed by atoms with Gasteiger partial charge in [0.1, 0.15) is 0 Å². The molecule has 0 spiro atoms. The predicted octanol–water partition coefficient (Wildman–Crippen LogP) is 2.55. The van der Waals surface area contributed by atoms with Crippen LogP contribution in [-0.2, 0) is 4.79 Å². The summed E-state index contributed by atoms with van der Waals surface area (Å²) in [6, 6.07) is 5.41. The smallest absolute Gasteiger partial charge is 0.253 e. The number of rotatable bonds is 2. The van der Waals surface area contributed by atoms with E-state index in [9.17, 15) is 9.59 Å². The van der Waals surface area contributed by atoms with Crippen molar-refractivity contribution in [3.63, 3.8) is 0 Å². The highest BCUT2D eigenvalue weighted by atomic mass is 79.9. The number of hydrogen-bond donors (Lipinski definition) is 1. The van der Waals surface area contributed by atoms with Gasteiger partial charge < -0.3 is 10.6 Å². The fourth-order valence-corrected chi connectivity index (χ4v) is 3.49. The fraction of sp³-hybridized carbons (Fsp3) is 0.385. The summed E-state index contributed by atoms with van der Waals surface area (Å²) in [4.78, 5) is 25.5. The molecule has 1 aliphatic rings. The molecule has 1 saturated heterocycles. The minimum Gasteiger partial charge on any atom is -0.369 e. The molecular formula is C13H14Br2N2O2. The maximum atomic E-state index is 12.4. The quantitative estimate of drug-likeness (QED) is 0.844. The molecule has 0 aliphatic carbocycles. The largest absolute Gasteiger partial charge is 0.369 e. The zero-order chi connectivity index (χ0) is 14.2. The summed E-state index contributed by atoms with van der Waals surface area (Å²) in [5.41, 5.74) is 5.37. The Morgan fingerprint density at radius 2 is 1.84 bits per heavy atom. The Labute approximate surface area is 128 Å². The summed E-state index contributed by atoms with van der Waals surface area (Å²) in [6.45, 7) is 2.74. The summed E-state index contributed by atoms with van der Waals surface area (Å²) in [6.07, 6.45) is 0.614. The monoisotopic (exact) mass is 388 g/mol. The van der Waals surface area contributed by atoms with Gasteiger partial charge in [0.2, 0.25) is 5.91 Å². The minimum absolute atomic E-state index is 0.0769. The molecule has 1 aromatic carbocycles. The molecule has 6 heteroatoms. The van der Waals surface area contributed by atoms with Gasteiger partial charge in [0.05, 0.1) is 5.41 Å². The third-order valence-corrected chi connectivity index (χ3v) is 4.38. The van der Waals surface area contributed by atoms with Gasteiger partial charge >= 0.3 is 0 Å². The number of hydrogen-bond acceptors (Lipinski definition) is 2. The van der Waals surface area contributed by atoms with Gasteiger partial charge in [-0.2, -0.15) is 0 Å². The van der Waals surface area contributed by atoms with Gasteiger partial charge in [0.15, 0.2) is 0 Å². The van der Waals surface area contributed by atoms with Crippen LogP contribution in [0.15, 0.2) is 27.1 Å². The van der Waals surface area contributed by atoms with E-state index < -0.39 is 5.41 Å². The highest BCUT2D eigenvalue weighted by molar-refractivity contribution is 9.11. The van der Waals surface area contributed by atoms with E-state index in [2.05, 4.69) is 31.9 Å². The molecule has 4 nitrogen and oxygen atoms in total. The Bertz CT molecular complexity index is 527. The number of primary amides is 1. The average molecular weight is 390 g/mol. The van der Waals surface area contributed by atoms with Crippen LogP contribution in [0.2, 0.25) is 0 Å². The molecule has 0 radical (unpaired) electrons. The molecule has 1 atom stereocenters. The second-order valence-corrected chi connectivity index (χ2v) is 6.89. The number of benzene rings is 1. The van der Waals surface area contributed by atoms with Crippen molar-refractivity contribution in [2.45, 2.75) is 13.3 Å². The van der Waals surface area contributed by atoms with Crippen molar-refractivity contribution in [3.8, 4) is 0 Å². The van der Waals surface area contributed by atoms with E-state index in [1.165, 1.54) is 0 Å². The van der Waals surface area contributed by atoms with E-state index >= 15 is 0 Å². The first-order valence-corrected chi connectivity index (χ1v) is 7.46. The predicted molar refractivity (Wildman–Crippen MR) is 79.7 cm³/mol. The second kappa shape index (κ2) is 5.25. The number of carbonyl (C=O) groups excluding carboxylic acids is 2. The number of likely N-dealkylation sites (tertiary alicyclic amines) is 1. The lowest BCUT2D eigenvalue weighted by molar-refractivity contribution is -0.126. The summed E-state index contributed by atoms with van der Waals surface area (Å²) in [5, 5.41) is 0. The van der Waals surface area contributed by atoms with E-state index in [1.807, 2.05) is 6.07 Å². The lowest BCUT2D eigenvalue weighted by atomic mass is 9.89. The van der Waals surface area contributed by atoms with E-state index in [4.69, 9.17) is 5.73 Å². The molecule has 0 aromatic heterocycles. The maximum Gasteiger partial charge on any atom is 0.253 e. The van der Waals surface area contributed by atoms with Gasteiger partial charge in [-0.1, -0.05) is 31.9 Å². The van der Waals surface area contributed by atoms with Gasteiger partial charge in [-0.25, -0.2) is 0 Å². The van der Waals surface area contributed by atoms with Crippen LogP contribution in [-0.4, -0.2) is 29.8 Å². The topological polar surface area (TPSA) is 63.4 Å². The summed E-state index contributed by atoms with van der Waals surface area (Å²) < 4.78 is 1.67. The van der Waals surface area contributed by atoms with Crippen molar-refractivity contribution < 1.29 is 9.59 Å². The molecule has 2 rings (SSSR count). The first kappa shape index (κ1) is 14.5. The minimum atomic E-state index is -0.612. The van der Waals surface area contributed by atoms with E-state index in [1.54, 1.807) is 24.0 Å². The van der Waals surface area contributed by atoms with Gasteiger partial charge in [0, 0.05) is 27.6 Å². The van der Waals surface area contributed by atoms with Crippen molar-refractivity contribution in [2.24, 2.45) is 11.1 Å². The van der Waals surface area contributed by atoms with Crippen LogP contribution in [0.4, 0.5) is 0 Å². The van der Waals surface area contributed by atoms with Crippen molar-refractivity contribution in [3.05, 3.63) is 32.7 Å². The number of halogens is 2. The van der Waals surface area contributed by atoms with Crippen molar-refractivity contribution in [1.29, 1.82) is 0 Å². The van der Waals surface area contributed by atoms with Gasteiger partial charge in [-0.3, -0.25) is 9.59 Å². The molecule has 1 aliphatic heterocycles. The van der Waals surface area contributed by atoms with Gasteiger partial charge in [0.25, 0.3) is 5.91 Å². The van der Waals surface area contributed by atoms with Gasteiger partial charge in [-0.15, -0.1) is 0 Å². The van der Waals surface area contributed by atoms with Crippen LogP contribution in [0, 0.1) is 5.41 Å². The molecule has 19 heavy (non-hydrogen) atoms. The Hall–Kier alpha value is -0.880. The maximum absolute atomic E-state index is 12.4. The number of nitrogens with two attached hydrogens (primary N) is 1. The molecule has 2 amide bonds. The van der Waals surface area contributed by atoms with Crippen LogP contribution >= 0.6 is 31.9 Å². The van der Waals surface area contributed by atoms with Crippen LogP contribution < -0.4 is 5.73 Å². The highest BCUT2D eigenvalue weighted by Gasteiger charge is 2.40. The van der Waals surface area contributed by atoms with E-state index in [0.29, 0.717) is 25.1 Å². The SMILES string of the molecule is CC1(C(N)=O)CCN(C(=O)c2cc(Br)cc(Br)c2)C1.